The highest BCUT2D eigenvalue weighted by atomic mass is 19.1. The maximum absolute atomic E-state index is 13.5. The predicted octanol–water partition coefficient (Wildman–Crippen LogP) is 3.18. The van der Waals surface area contributed by atoms with E-state index < -0.39 is 17.2 Å². The zero-order chi connectivity index (χ0) is 18.8. The summed E-state index contributed by atoms with van der Waals surface area (Å²) in [6, 6.07) is 10.9. The molecule has 3 rings (SSSR count). The molecule has 0 radical (unpaired) electrons. The molecule has 6 heteroatoms. The lowest BCUT2D eigenvalue weighted by Crippen LogP contribution is -2.31. The van der Waals surface area contributed by atoms with Gasteiger partial charge in [-0.3, -0.25) is 9.59 Å². The van der Waals surface area contributed by atoms with Crippen molar-refractivity contribution in [1.29, 1.82) is 0 Å². The summed E-state index contributed by atoms with van der Waals surface area (Å²) in [5.41, 5.74) is 0.826. The summed E-state index contributed by atoms with van der Waals surface area (Å²) in [5.74, 6) is -0.390. The van der Waals surface area contributed by atoms with Gasteiger partial charge in [0.15, 0.2) is 0 Å². The summed E-state index contributed by atoms with van der Waals surface area (Å²) in [4.78, 5) is 25.3. The second-order valence-corrected chi connectivity index (χ2v) is 6.08. The fourth-order valence-corrected chi connectivity index (χ4v) is 3.00. The van der Waals surface area contributed by atoms with Gasteiger partial charge >= 0.3 is 0 Å². The number of amides is 1. The van der Waals surface area contributed by atoms with E-state index in [2.05, 4.69) is 5.32 Å². The van der Waals surface area contributed by atoms with Crippen molar-refractivity contribution in [1.82, 2.24) is 9.88 Å². The van der Waals surface area contributed by atoms with E-state index in [9.17, 15) is 14.0 Å². The van der Waals surface area contributed by atoms with Gasteiger partial charge in [-0.15, -0.1) is 0 Å². The standard InChI is InChI=1S/C20H19FN2O3/c1-12(14-6-4-5-7-18(14)26-3)22-20(25)16-11-23(2)17-9-8-13(21)10-15(17)19(16)24/h4-12H,1-3H3,(H,22,25)/t12-/m0/s1. The number of para-hydroxylation sites is 1. The number of nitrogens with one attached hydrogen (secondary N) is 1. The Morgan fingerprint density at radius 2 is 1.96 bits per heavy atom. The quantitative estimate of drug-likeness (QED) is 0.783. The van der Waals surface area contributed by atoms with Crippen molar-refractivity contribution < 1.29 is 13.9 Å². The molecular weight excluding hydrogens is 335 g/mol. The fourth-order valence-electron chi connectivity index (χ4n) is 3.00. The van der Waals surface area contributed by atoms with E-state index in [1.807, 2.05) is 18.2 Å². The van der Waals surface area contributed by atoms with Crippen LogP contribution in [0.5, 0.6) is 5.75 Å². The number of nitrogens with zero attached hydrogens (tertiary/aromatic N) is 1. The Kier molecular flexibility index (Phi) is 4.75. The number of ether oxygens (including phenoxy) is 1. The molecule has 1 amide bonds. The van der Waals surface area contributed by atoms with Crippen molar-refractivity contribution in [2.45, 2.75) is 13.0 Å². The third kappa shape index (κ3) is 3.18. The Morgan fingerprint density at radius 1 is 1.23 bits per heavy atom. The number of hydrogen-bond donors (Lipinski definition) is 1. The summed E-state index contributed by atoms with van der Waals surface area (Å²) in [7, 11) is 3.26. The van der Waals surface area contributed by atoms with Gasteiger partial charge in [0.2, 0.25) is 5.43 Å². The van der Waals surface area contributed by atoms with Crippen LogP contribution < -0.4 is 15.5 Å². The highest BCUT2D eigenvalue weighted by Crippen LogP contribution is 2.24. The van der Waals surface area contributed by atoms with Crippen LogP contribution in [0.3, 0.4) is 0 Å². The molecule has 1 heterocycles. The van der Waals surface area contributed by atoms with E-state index in [4.69, 9.17) is 4.74 Å². The first kappa shape index (κ1) is 17.7. The summed E-state index contributed by atoms with van der Waals surface area (Å²) in [6.45, 7) is 1.81. The van der Waals surface area contributed by atoms with Gasteiger partial charge in [-0.1, -0.05) is 18.2 Å². The number of aryl methyl sites for hydroxylation is 1. The first-order valence-electron chi connectivity index (χ1n) is 8.15. The zero-order valence-corrected chi connectivity index (χ0v) is 14.7. The second kappa shape index (κ2) is 7.00. The monoisotopic (exact) mass is 354 g/mol. The molecule has 5 nitrogen and oxygen atoms in total. The molecule has 1 N–H and O–H groups in total. The van der Waals surface area contributed by atoms with E-state index in [-0.39, 0.29) is 17.0 Å². The molecule has 134 valence electrons. The number of hydrogen-bond acceptors (Lipinski definition) is 3. The summed E-state index contributed by atoms with van der Waals surface area (Å²) < 4.78 is 20.5. The Balaban J connectivity index is 1.98. The third-order valence-corrected chi connectivity index (χ3v) is 4.35. The molecule has 0 saturated carbocycles. The van der Waals surface area contributed by atoms with Crippen LogP contribution in [-0.2, 0) is 7.05 Å². The highest BCUT2D eigenvalue weighted by molar-refractivity contribution is 5.97. The van der Waals surface area contributed by atoms with Crippen molar-refractivity contribution >= 4 is 16.8 Å². The van der Waals surface area contributed by atoms with Gasteiger partial charge in [-0.25, -0.2) is 4.39 Å². The molecule has 26 heavy (non-hydrogen) atoms. The topological polar surface area (TPSA) is 60.3 Å². The molecular formula is C20H19FN2O3. The fraction of sp³-hybridized carbons (Fsp3) is 0.200. The number of rotatable bonds is 4. The van der Waals surface area contributed by atoms with Crippen LogP contribution in [0.25, 0.3) is 10.9 Å². The minimum atomic E-state index is -0.519. The highest BCUT2D eigenvalue weighted by Gasteiger charge is 2.19. The van der Waals surface area contributed by atoms with Crippen LogP contribution in [-0.4, -0.2) is 17.6 Å². The van der Waals surface area contributed by atoms with Crippen molar-refractivity contribution in [2.24, 2.45) is 7.05 Å². The van der Waals surface area contributed by atoms with Gasteiger partial charge in [-0.05, 0) is 31.2 Å². The Bertz CT molecular complexity index is 1040. The van der Waals surface area contributed by atoms with Crippen LogP contribution in [0.1, 0.15) is 28.9 Å². The van der Waals surface area contributed by atoms with Crippen LogP contribution in [0, 0.1) is 5.82 Å². The number of carbonyl (C=O) groups is 1. The van der Waals surface area contributed by atoms with E-state index in [1.165, 1.54) is 18.3 Å². The van der Waals surface area contributed by atoms with Crippen LogP contribution in [0.15, 0.2) is 53.5 Å². The molecule has 1 aromatic heterocycles. The smallest absolute Gasteiger partial charge is 0.257 e. The molecule has 0 spiro atoms. The summed E-state index contributed by atoms with van der Waals surface area (Å²) in [6.07, 6.45) is 1.47. The molecule has 0 unspecified atom stereocenters. The van der Waals surface area contributed by atoms with E-state index in [0.717, 1.165) is 11.6 Å². The molecule has 0 aliphatic carbocycles. The van der Waals surface area contributed by atoms with Gasteiger partial charge in [0.1, 0.15) is 17.1 Å². The van der Waals surface area contributed by atoms with Crippen molar-refractivity contribution in [3.05, 3.63) is 75.8 Å². The normalized spacial score (nSPS) is 12.0. The van der Waals surface area contributed by atoms with Gasteiger partial charge < -0.3 is 14.6 Å². The van der Waals surface area contributed by atoms with Crippen molar-refractivity contribution in [3.8, 4) is 5.75 Å². The largest absolute Gasteiger partial charge is 0.496 e. The lowest BCUT2D eigenvalue weighted by molar-refractivity contribution is 0.0938. The molecule has 1 atom stereocenters. The first-order valence-corrected chi connectivity index (χ1v) is 8.15. The minimum Gasteiger partial charge on any atom is -0.496 e. The molecule has 0 aliphatic rings. The Labute approximate surface area is 150 Å². The Morgan fingerprint density at radius 3 is 2.69 bits per heavy atom. The van der Waals surface area contributed by atoms with Crippen LogP contribution in [0.2, 0.25) is 0 Å². The molecule has 0 bridgehead atoms. The minimum absolute atomic E-state index is 0.0349. The molecule has 0 saturated heterocycles. The molecule has 3 aromatic rings. The van der Waals surface area contributed by atoms with Gasteiger partial charge in [0.25, 0.3) is 5.91 Å². The van der Waals surface area contributed by atoms with E-state index >= 15 is 0 Å². The number of pyridine rings is 1. The lowest BCUT2D eigenvalue weighted by atomic mass is 10.1. The van der Waals surface area contributed by atoms with Gasteiger partial charge in [0.05, 0.1) is 18.7 Å². The van der Waals surface area contributed by atoms with Crippen LogP contribution in [0.4, 0.5) is 4.39 Å². The lowest BCUT2D eigenvalue weighted by Gasteiger charge is -2.17. The summed E-state index contributed by atoms with van der Waals surface area (Å²) in [5, 5.41) is 2.98. The SMILES string of the molecule is COc1ccccc1[C@H](C)NC(=O)c1cn(C)c2ccc(F)cc2c1=O. The van der Waals surface area contributed by atoms with Crippen molar-refractivity contribution in [3.63, 3.8) is 0 Å². The van der Waals surface area contributed by atoms with E-state index in [1.54, 1.807) is 31.7 Å². The number of halogens is 1. The number of methoxy groups -OCH3 is 1. The zero-order valence-electron chi connectivity index (χ0n) is 14.7. The molecule has 2 aromatic carbocycles. The van der Waals surface area contributed by atoms with Crippen molar-refractivity contribution in [2.75, 3.05) is 7.11 Å². The second-order valence-electron chi connectivity index (χ2n) is 6.08. The van der Waals surface area contributed by atoms with Gasteiger partial charge in [0, 0.05) is 24.2 Å². The summed E-state index contributed by atoms with van der Waals surface area (Å²) >= 11 is 0. The molecule has 0 fully saturated rings. The van der Waals surface area contributed by atoms with Gasteiger partial charge in [-0.2, -0.15) is 0 Å². The number of benzene rings is 2. The molecule has 0 aliphatic heterocycles. The Hall–Kier alpha value is -3.15. The predicted molar refractivity (Wildman–Crippen MR) is 98.0 cm³/mol. The van der Waals surface area contributed by atoms with Crippen LogP contribution >= 0.6 is 0 Å². The number of aromatic nitrogens is 1. The maximum Gasteiger partial charge on any atom is 0.257 e. The van der Waals surface area contributed by atoms with E-state index in [0.29, 0.717) is 11.3 Å². The maximum atomic E-state index is 13.5. The average Bonchev–Trinajstić information content (AvgIpc) is 2.64. The number of fused-ring (bicyclic) bond motifs is 1. The first-order chi connectivity index (χ1) is 12.4. The third-order valence-electron chi connectivity index (χ3n) is 4.35. The average molecular weight is 354 g/mol. The number of carbonyl (C=O) groups excluding carboxylic acids is 1.